The van der Waals surface area contributed by atoms with Gasteiger partial charge in [0.25, 0.3) is 10.0 Å². The summed E-state index contributed by atoms with van der Waals surface area (Å²) in [5.41, 5.74) is 2.04. The van der Waals surface area contributed by atoms with E-state index in [0.29, 0.717) is 10.7 Å². The molecule has 45 heavy (non-hydrogen) atoms. The highest BCUT2D eigenvalue weighted by Gasteiger charge is 2.35. The predicted molar refractivity (Wildman–Crippen MR) is 181 cm³/mol. The number of nitrogens with one attached hydrogen (secondary N) is 1. The fourth-order valence-electron chi connectivity index (χ4n) is 5.56. The van der Waals surface area contributed by atoms with Crippen molar-refractivity contribution in [2.75, 3.05) is 10.8 Å². The van der Waals surface area contributed by atoms with Crippen molar-refractivity contribution in [2.24, 2.45) is 0 Å². The van der Waals surface area contributed by atoms with Gasteiger partial charge in [-0.3, -0.25) is 13.9 Å². The van der Waals surface area contributed by atoms with Crippen molar-refractivity contribution in [3.8, 4) is 0 Å². The number of carbonyl (C=O) groups is 2. The Kier molecular flexibility index (Phi) is 11.0. The van der Waals surface area contributed by atoms with Gasteiger partial charge in [0.2, 0.25) is 11.8 Å². The molecule has 0 spiro atoms. The van der Waals surface area contributed by atoms with E-state index in [0.717, 1.165) is 45.6 Å². The molecular weight excluding hydrogens is 674 g/mol. The van der Waals surface area contributed by atoms with Gasteiger partial charge < -0.3 is 10.2 Å². The second-order valence-electron chi connectivity index (χ2n) is 11.1. The van der Waals surface area contributed by atoms with Gasteiger partial charge in [0.05, 0.1) is 10.6 Å². The van der Waals surface area contributed by atoms with Crippen molar-refractivity contribution in [2.45, 2.75) is 55.6 Å². The molecule has 1 N–H and O–H groups in total. The largest absolute Gasteiger partial charge is 0.352 e. The Hall–Kier alpha value is -3.66. The molecule has 234 valence electrons. The smallest absolute Gasteiger partial charge is 0.264 e. The molecule has 0 heterocycles. The van der Waals surface area contributed by atoms with Gasteiger partial charge in [0.1, 0.15) is 12.6 Å². The molecular formula is C35H35BrClN3O4S. The van der Waals surface area contributed by atoms with E-state index in [2.05, 4.69) is 21.2 Å². The fourth-order valence-corrected chi connectivity index (χ4v) is 7.37. The summed E-state index contributed by atoms with van der Waals surface area (Å²) in [6.45, 7) is -0.390. The van der Waals surface area contributed by atoms with Crippen LogP contribution >= 0.6 is 27.5 Å². The van der Waals surface area contributed by atoms with Crippen LogP contribution in [0.15, 0.2) is 119 Å². The average Bonchev–Trinajstić information content (AvgIpc) is 3.56. The monoisotopic (exact) mass is 707 g/mol. The Bertz CT molecular complexity index is 1680. The first-order valence-electron chi connectivity index (χ1n) is 14.9. The first-order chi connectivity index (χ1) is 21.7. The van der Waals surface area contributed by atoms with Crippen LogP contribution in [0.2, 0.25) is 5.02 Å². The molecule has 0 aromatic heterocycles. The van der Waals surface area contributed by atoms with E-state index < -0.39 is 28.5 Å². The van der Waals surface area contributed by atoms with Crippen LogP contribution in [0.1, 0.15) is 36.8 Å². The first kappa shape index (κ1) is 32.7. The molecule has 0 bridgehead atoms. The average molecular weight is 709 g/mol. The summed E-state index contributed by atoms with van der Waals surface area (Å²) in [5, 5.41) is 3.59. The van der Waals surface area contributed by atoms with Gasteiger partial charge in [-0.2, -0.15) is 0 Å². The summed E-state index contributed by atoms with van der Waals surface area (Å²) < 4.78 is 30.1. The lowest BCUT2D eigenvalue weighted by Gasteiger charge is -2.34. The van der Waals surface area contributed by atoms with Crippen LogP contribution in [-0.4, -0.2) is 43.8 Å². The molecule has 1 saturated carbocycles. The molecule has 1 atom stereocenters. The zero-order chi connectivity index (χ0) is 31.8. The minimum atomic E-state index is -4.18. The normalized spacial score (nSPS) is 14.1. The lowest BCUT2D eigenvalue weighted by molar-refractivity contribution is -0.140. The Labute approximate surface area is 278 Å². The van der Waals surface area contributed by atoms with E-state index in [1.165, 1.54) is 29.2 Å². The van der Waals surface area contributed by atoms with Crippen LogP contribution in [0.4, 0.5) is 5.69 Å². The molecule has 2 amide bonds. The summed E-state index contributed by atoms with van der Waals surface area (Å²) in [4.78, 5) is 30.1. The number of hydrogen-bond acceptors (Lipinski definition) is 4. The molecule has 0 radical (unpaired) electrons. The number of para-hydroxylation sites is 1. The quantitative estimate of drug-likeness (QED) is 0.172. The van der Waals surface area contributed by atoms with Gasteiger partial charge in [-0.25, -0.2) is 8.42 Å². The highest BCUT2D eigenvalue weighted by atomic mass is 79.9. The van der Waals surface area contributed by atoms with E-state index in [4.69, 9.17) is 11.6 Å². The summed E-state index contributed by atoms with van der Waals surface area (Å²) in [6.07, 6.45) is 4.16. The van der Waals surface area contributed by atoms with Gasteiger partial charge in [-0.15, -0.1) is 0 Å². The molecule has 1 aliphatic rings. The van der Waals surface area contributed by atoms with Gasteiger partial charge in [-0.1, -0.05) is 101 Å². The number of nitrogens with zero attached hydrogens (tertiary/aromatic N) is 2. The highest BCUT2D eigenvalue weighted by molar-refractivity contribution is 9.10. The summed E-state index contributed by atoms with van der Waals surface area (Å²) in [6, 6.07) is 30.6. The Morgan fingerprint density at radius 3 is 2.04 bits per heavy atom. The van der Waals surface area contributed by atoms with Crippen LogP contribution in [-0.2, 0) is 32.6 Å². The zero-order valence-electron chi connectivity index (χ0n) is 24.7. The summed E-state index contributed by atoms with van der Waals surface area (Å²) in [7, 11) is -4.18. The fraction of sp³-hybridized carbons (Fsp3) is 0.257. The molecule has 1 fully saturated rings. The first-order valence-corrected chi connectivity index (χ1v) is 17.5. The maximum absolute atomic E-state index is 14.5. The van der Waals surface area contributed by atoms with E-state index in [1.54, 1.807) is 30.3 Å². The van der Waals surface area contributed by atoms with E-state index >= 15 is 0 Å². The van der Waals surface area contributed by atoms with Crippen molar-refractivity contribution < 1.29 is 18.0 Å². The van der Waals surface area contributed by atoms with Crippen LogP contribution in [0.25, 0.3) is 0 Å². The number of sulfonamides is 1. The van der Waals surface area contributed by atoms with Gasteiger partial charge in [-0.05, 0) is 72.5 Å². The third-order valence-electron chi connectivity index (χ3n) is 7.96. The topological polar surface area (TPSA) is 86.8 Å². The van der Waals surface area contributed by atoms with Crippen molar-refractivity contribution in [3.63, 3.8) is 0 Å². The zero-order valence-corrected chi connectivity index (χ0v) is 27.8. The number of amides is 2. The van der Waals surface area contributed by atoms with Gasteiger partial charge >= 0.3 is 0 Å². The van der Waals surface area contributed by atoms with Crippen LogP contribution in [0.3, 0.4) is 0 Å². The second-order valence-corrected chi connectivity index (χ2v) is 14.4. The van der Waals surface area contributed by atoms with Gasteiger partial charge in [0, 0.05) is 28.5 Å². The third kappa shape index (κ3) is 8.54. The molecule has 10 heteroatoms. The van der Waals surface area contributed by atoms with Gasteiger partial charge in [0.15, 0.2) is 0 Å². The predicted octanol–water partition coefficient (Wildman–Crippen LogP) is 7.00. The van der Waals surface area contributed by atoms with Crippen molar-refractivity contribution in [3.05, 3.63) is 130 Å². The second kappa shape index (κ2) is 15.1. The Morgan fingerprint density at radius 2 is 1.42 bits per heavy atom. The number of halogens is 2. The number of benzene rings is 4. The number of anilines is 1. The van der Waals surface area contributed by atoms with E-state index in [-0.39, 0.29) is 29.8 Å². The minimum Gasteiger partial charge on any atom is -0.352 e. The van der Waals surface area contributed by atoms with Crippen molar-refractivity contribution in [1.82, 2.24) is 10.2 Å². The molecule has 7 nitrogen and oxygen atoms in total. The lowest BCUT2D eigenvalue weighted by atomic mass is 10.0. The molecule has 1 unspecified atom stereocenters. The standard InChI is InChI=1S/C35H35BrClN3O4S/c36-28-17-15-27(16-18-28)24-39(33(23-26-9-3-1-4-10-26)35(42)38-30-11-7-8-12-30)34(41)25-40(31-13-5-2-6-14-31)45(43,44)32-21-19-29(37)20-22-32/h1-6,9-10,13-22,30,33H,7-8,11-12,23-25H2,(H,38,42). The minimum absolute atomic E-state index is 0.00262. The highest BCUT2D eigenvalue weighted by Crippen LogP contribution is 2.26. The number of carbonyl (C=O) groups excluding carboxylic acids is 2. The van der Waals surface area contributed by atoms with Crippen LogP contribution in [0.5, 0.6) is 0 Å². The van der Waals surface area contributed by atoms with E-state index in [9.17, 15) is 18.0 Å². The summed E-state index contributed by atoms with van der Waals surface area (Å²) in [5.74, 6) is -0.746. The Balaban J connectivity index is 1.54. The maximum atomic E-state index is 14.5. The number of rotatable bonds is 12. The lowest BCUT2D eigenvalue weighted by Crippen LogP contribution is -2.54. The maximum Gasteiger partial charge on any atom is 0.264 e. The Morgan fingerprint density at radius 1 is 0.822 bits per heavy atom. The molecule has 4 aromatic carbocycles. The van der Waals surface area contributed by atoms with Crippen LogP contribution < -0.4 is 9.62 Å². The summed E-state index contributed by atoms with van der Waals surface area (Å²) >= 11 is 9.52. The van der Waals surface area contributed by atoms with Crippen LogP contribution in [0, 0.1) is 0 Å². The molecule has 1 aliphatic carbocycles. The SMILES string of the molecule is O=C(NC1CCCC1)C(Cc1ccccc1)N(Cc1ccc(Br)cc1)C(=O)CN(c1ccccc1)S(=O)(=O)c1ccc(Cl)cc1. The third-order valence-corrected chi connectivity index (χ3v) is 10.5. The van der Waals surface area contributed by atoms with Crippen molar-refractivity contribution >= 4 is 55.1 Å². The molecule has 4 aromatic rings. The molecule has 0 saturated heterocycles. The van der Waals surface area contributed by atoms with Crippen molar-refractivity contribution in [1.29, 1.82) is 0 Å². The molecule has 0 aliphatic heterocycles. The van der Waals surface area contributed by atoms with E-state index in [1.807, 2.05) is 54.6 Å². The number of hydrogen-bond donors (Lipinski definition) is 1. The molecule has 5 rings (SSSR count).